The van der Waals surface area contributed by atoms with Gasteiger partial charge in [0.05, 0.1) is 18.1 Å². The molecule has 0 aliphatic rings. The number of nitrogens with zero attached hydrogens (tertiary/aromatic N) is 3. The van der Waals surface area contributed by atoms with Crippen LogP contribution in [-0.2, 0) is 16.2 Å². The van der Waals surface area contributed by atoms with Crippen LogP contribution in [0.5, 0.6) is 17.2 Å². The molecule has 1 aromatic heterocycles. The number of phenolic OH excluding ortho intramolecular Hbond substituents is 3. The topological polar surface area (TPSA) is 127 Å². The SMILES string of the molecule is CC(c1ccc(O)c(C(C)(C)C)c1)n1c(=O)n(C(C)c2ccc(O)c(C(C)(C)C)c2)c(=O)n(C(C)c2ccc(O)c(C(C)(C)C)c2)c1=O. The van der Waals surface area contributed by atoms with Gasteiger partial charge < -0.3 is 15.3 Å². The minimum Gasteiger partial charge on any atom is -0.508 e. The lowest BCUT2D eigenvalue weighted by molar-refractivity contribution is 0.399. The molecule has 3 unspecified atom stereocenters. The fourth-order valence-electron chi connectivity index (χ4n) is 6.28. The van der Waals surface area contributed by atoms with Gasteiger partial charge in [0.1, 0.15) is 17.2 Å². The molecule has 0 spiro atoms. The molecule has 0 bridgehead atoms. The van der Waals surface area contributed by atoms with Crippen molar-refractivity contribution >= 4 is 0 Å². The van der Waals surface area contributed by atoms with Crippen LogP contribution in [-0.4, -0.2) is 29.0 Å². The summed E-state index contributed by atoms with van der Waals surface area (Å²) >= 11 is 0. The molecule has 0 aliphatic carbocycles. The molecule has 3 atom stereocenters. The van der Waals surface area contributed by atoms with Crippen molar-refractivity contribution in [3.05, 3.63) is 119 Å². The molecule has 0 fully saturated rings. The van der Waals surface area contributed by atoms with Gasteiger partial charge in [-0.2, -0.15) is 0 Å². The van der Waals surface area contributed by atoms with E-state index in [-0.39, 0.29) is 17.2 Å². The predicted octanol–water partition coefficient (Wildman–Crippen LogP) is 7.01. The zero-order valence-corrected chi connectivity index (χ0v) is 30.3. The lowest BCUT2D eigenvalue weighted by atomic mass is 9.84. The molecule has 48 heavy (non-hydrogen) atoms. The predicted molar refractivity (Wildman–Crippen MR) is 191 cm³/mol. The highest BCUT2D eigenvalue weighted by Crippen LogP contribution is 2.36. The maximum atomic E-state index is 14.5. The van der Waals surface area contributed by atoms with Crippen molar-refractivity contribution < 1.29 is 15.3 Å². The van der Waals surface area contributed by atoms with Gasteiger partial charge in [-0.05, 0) is 107 Å². The van der Waals surface area contributed by atoms with Crippen molar-refractivity contribution in [2.75, 3.05) is 0 Å². The van der Waals surface area contributed by atoms with E-state index in [2.05, 4.69) is 0 Å². The van der Waals surface area contributed by atoms with E-state index in [0.717, 1.165) is 13.7 Å². The molecule has 3 aromatic carbocycles. The van der Waals surface area contributed by atoms with Crippen molar-refractivity contribution in [3.8, 4) is 17.2 Å². The molecule has 0 saturated heterocycles. The van der Waals surface area contributed by atoms with Gasteiger partial charge in [0.15, 0.2) is 0 Å². The van der Waals surface area contributed by atoms with Gasteiger partial charge >= 0.3 is 17.1 Å². The van der Waals surface area contributed by atoms with E-state index in [4.69, 9.17) is 0 Å². The summed E-state index contributed by atoms with van der Waals surface area (Å²) in [4.78, 5) is 43.4. The smallest absolute Gasteiger partial charge is 0.337 e. The van der Waals surface area contributed by atoms with E-state index in [1.807, 2.05) is 62.3 Å². The highest BCUT2D eigenvalue weighted by atomic mass is 16.3. The Balaban J connectivity index is 2.07. The molecule has 4 aromatic rings. The maximum absolute atomic E-state index is 14.5. The third-order valence-electron chi connectivity index (χ3n) is 9.33. The second-order valence-electron chi connectivity index (χ2n) is 16.1. The van der Waals surface area contributed by atoms with E-state index in [0.29, 0.717) is 33.4 Å². The molecule has 9 nitrogen and oxygen atoms in total. The van der Waals surface area contributed by atoms with Gasteiger partial charge in [0.2, 0.25) is 0 Å². The first kappa shape index (κ1) is 36.3. The molecule has 0 aliphatic heterocycles. The van der Waals surface area contributed by atoms with Crippen LogP contribution in [0, 0.1) is 0 Å². The van der Waals surface area contributed by atoms with Gasteiger partial charge in [0.25, 0.3) is 0 Å². The third kappa shape index (κ3) is 6.73. The van der Waals surface area contributed by atoms with Crippen molar-refractivity contribution in [2.24, 2.45) is 0 Å². The van der Waals surface area contributed by atoms with E-state index >= 15 is 0 Å². The summed E-state index contributed by atoms with van der Waals surface area (Å²) < 4.78 is 3.30. The van der Waals surface area contributed by atoms with Gasteiger partial charge in [-0.3, -0.25) is 0 Å². The van der Waals surface area contributed by atoms with Crippen LogP contribution >= 0.6 is 0 Å². The molecule has 9 heteroatoms. The number of aromatic nitrogens is 3. The summed E-state index contributed by atoms with van der Waals surface area (Å²) in [6.45, 7) is 22.9. The Bertz CT molecular complexity index is 1770. The second kappa shape index (κ2) is 12.5. The largest absolute Gasteiger partial charge is 0.508 e. The van der Waals surface area contributed by atoms with Crippen LogP contribution in [0.2, 0.25) is 0 Å². The van der Waals surface area contributed by atoms with Crippen LogP contribution in [0.1, 0.15) is 135 Å². The Morgan fingerprint density at radius 2 is 0.646 bits per heavy atom. The monoisotopic (exact) mass is 657 g/mol. The van der Waals surface area contributed by atoms with Crippen LogP contribution in [0.25, 0.3) is 0 Å². The van der Waals surface area contributed by atoms with Crippen LogP contribution in [0.15, 0.2) is 69.0 Å². The summed E-state index contributed by atoms with van der Waals surface area (Å²) in [5.74, 6) is 0.332. The van der Waals surface area contributed by atoms with E-state index < -0.39 is 51.4 Å². The van der Waals surface area contributed by atoms with E-state index in [9.17, 15) is 29.7 Å². The van der Waals surface area contributed by atoms with E-state index in [1.54, 1.807) is 75.4 Å². The highest BCUT2D eigenvalue weighted by molar-refractivity contribution is 5.44. The Morgan fingerprint density at radius 3 is 0.833 bits per heavy atom. The Hall–Kier alpha value is -4.53. The first-order valence-electron chi connectivity index (χ1n) is 16.5. The molecule has 0 saturated carbocycles. The lowest BCUT2D eigenvalue weighted by Crippen LogP contribution is -2.57. The second-order valence-corrected chi connectivity index (χ2v) is 16.1. The number of benzene rings is 3. The van der Waals surface area contributed by atoms with Gasteiger partial charge in [-0.1, -0.05) is 80.5 Å². The number of hydrogen-bond acceptors (Lipinski definition) is 6. The molecule has 3 N–H and O–H groups in total. The van der Waals surface area contributed by atoms with E-state index in [1.165, 1.54) is 0 Å². The zero-order valence-electron chi connectivity index (χ0n) is 30.3. The Labute approximate surface area is 282 Å². The lowest BCUT2D eigenvalue weighted by Gasteiger charge is -2.27. The Kier molecular flexibility index (Phi) is 9.45. The average Bonchev–Trinajstić information content (AvgIpc) is 2.95. The summed E-state index contributed by atoms with van der Waals surface area (Å²) in [6, 6.07) is 12.7. The van der Waals surface area contributed by atoms with Crippen molar-refractivity contribution in [2.45, 2.75) is 117 Å². The molecule has 1 heterocycles. The normalized spacial score (nSPS) is 14.5. The number of hydrogen-bond donors (Lipinski definition) is 3. The summed E-state index contributed by atoms with van der Waals surface area (Å²) in [5.41, 5.74) is 0.268. The summed E-state index contributed by atoms with van der Waals surface area (Å²) in [7, 11) is 0. The number of aromatic hydroxyl groups is 3. The number of rotatable bonds is 6. The van der Waals surface area contributed by atoms with Gasteiger partial charge in [-0.15, -0.1) is 0 Å². The van der Waals surface area contributed by atoms with Crippen LogP contribution in [0.3, 0.4) is 0 Å². The molecular formula is C39H51N3O6. The molecule has 0 radical (unpaired) electrons. The zero-order chi connectivity index (χ0) is 36.3. The minimum atomic E-state index is -0.806. The fourth-order valence-corrected chi connectivity index (χ4v) is 6.28. The molecule has 0 amide bonds. The first-order chi connectivity index (χ1) is 22.0. The minimum absolute atomic E-state index is 0.111. The van der Waals surface area contributed by atoms with Gasteiger partial charge in [-0.25, -0.2) is 28.1 Å². The molecule has 258 valence electrons. The quantitative estimate of drug-likeness (QED) is 0.205. The summed E-state index contributed by atoms with van der Waals surface area (Å²) in [6.07, 6.45) is 0. The van der Waals surface area contributed by atoms with Crippen LogP contribution in [0.4, 0.5) is 0 Å². The first-order valence-corrected chi connectivity index (χ1v) is 16.5. The standard InChI is InChI=1S/C39H51N3O6/c1-22(25-13-16-31(43)28(19-25)37(4,5)6)40-34(46)41(23(2)26-14-17-32(44)29(20-26)38(7,8)9)36(48)42(35(40)47)24(3)27-15-18-33(45)30(21-27)39(10,11)12/h13-24,43-45H,1-12H3. The van der Waals surface area contributed by atoms with Gasteiger partial charge in [0, 0.05) is 0 Å². The highest BCUT2D eigenvalue weighted by Gasteiger charge is 2.29. The third-order valence-corrected chi connectivity index (χ3v) is 9.33. The number of phenols is 3. The van der Waals surface area contributed by atoms with Crippen molar-refractivity contribution in [3.63, 3.8) is 0 Å². The molecule has 4 rings (SSSR count). The summed E-state index contributed by atoms with van der Waals surface area (Å²) in [5, 5.41) is 31.9. The maximum Gasteiger partial charge on any atom is 0.337 e. The van der Waals surface area contributed by atoms with Crippen molar-refractivity contribution in [1.82, 2.24) is 13.7 Å². The average molecular weight is 658 g/mol. The Morgan fingerprint density at radius 1 is 0.438 bits per heavy atom. The van der Waals surface area contributed by atoms with Crippen LogP contribution < -0.4 is 17.1 Å². The van der Waals surface area contributed by atoms with Crippen molar-refractivity contribution in [1.29, 1.82) is 0 Å². The molecular weight excluding hydrogens is 606 g/mol. The fraction of sp³-hybridized carbons (Fsp3) is 0.462.